The van der Waals surface area contributed by atoms with Crippen LogP contribution in [-0.2, 0) is 6.54 Å². The number of hydrogen-bond acceptors (Lipinski definition) is 3. The SMILES string of the molecule is OC[C@@]12CC[C@@H](O)C[C@@H]1CCN(Cc1ccccc1)C2. The van der Waals surface area contributed by atoms with E-state index in [2.05, 4.69) is 29.2 Å². The summed E-state index contributed by atoms with van der Waals surface area (Å²) in [6, 6.07) is 10.6. The van der Waals surface area contributed by atoms with E-state index in [9.17, 15) is 10.2 Å². The average molecular weight is 275 g/mol. The van der Waals surface area contributed by atoms with Crippen molar-refractivity contribution in [1.82, 2.24) is 4.90 Å². The molecule has 20 heavy (non-hydrogen) atoms. The van der Waals surface area contributed by atoms with Crippen LogP contribution in [0.15, 0.2) is 30.3 Å². The van der Waals surface area contributed by atoms with Gasteiger partial charge in [0.25, 0.3) is 0 Å². The monoisotopic (exact) mass is 275 g/mol. The molecule has 0 spiro atoms. The zero-order valence-corrected chi connectivity index (χ0v) is 12.0. The Morgan fingerprint density at radius 1 is 1.20 bits per heavy atom. The number of piperidine rings is 1. The fourth-order valence-corrected chi connectivity index (χ4v) is 4.08. The Hall–Kier alpha value is -0.900. The molecule has 1 aliphatic carbocycles. The number of aliphatic hydroxyl groups excluding tert-OH is 2. The average Bonchev–Trinajstić information content (AvgIpc) is 2.49. The highest BCUT2D eigenvalue weighted by Crippen LogP contribution is 2.46. The molecular formula is C17H25NO2. The Morgan fingerprint density at radius 3 is 2.75 bits per heavy atom. The maximum Gasteiger partial charge on any atom is 0.0543 e. The van der Waals surface area contributed by atoms with Crippen LogP contribution in [0.25, 0.3) is 0 Å². The Balaban J connectivity index is 1.69. The second-order valence-corrected chi connectivity index (χ2v) is 6.63. The van der Waals surface area contributed by atoms with E-state index in [0.717, 1.165) is 45.3 Å². The van der Waals surface area contributed by atoms with Crippen molar-refractivity contribution >= 4 is 0 Å². The highest BCUT2D eigenvalue weighted by atomic mass is 16.3. The molecule has 110 valence electrons. The fraction of sp³-hybridized carbons (Fsp3) is 0.647. The maximum atomic E-state index is 9.94. The third-order valence-corrected chi connectivity index (χ3v) is 5.29. The molecule has 2 aliphatic rings. The molecule has 1 saturated heterocycles. The van der Waals surface area contributed by atoms with Gasteiger partial charge in [0.2, 0.25) is 0 Å². The molecule has 0 bridgehead atoms. The first-order valence-corrected chi connectivity index (χ1v) is 7.77. The molecule has 1 heterocycles. The fourth-order valence-electron chi connectivity index (χ4n) is 4.08. The van der Waals surface area contributed by atoms with E-state index in [0.29, 0.717) is 5.92 Å². The van der Waals surface area contributed by atoms with E-state index in [1.165, 1.54) is 5.56 Å². The van der Waals surface area contributed by atoms with Crippen molar-refractivity contribution in [3.05, 3.63) is 35.9 Å². The summed E-state index contributed by atoms with van der Waals surface area (Å²) in [7, 11) is 0. The van der Waals surface area contributed by atoms with E-state index in [4.69, 9.17) is 0 Å². The minimum Gasteiger partial charge on any atom is -0.396 e. The molecule has 2 fully saturated rings. The molecule has 1 saturated carbocycles. The Bertz CT molecular complexity index is 436. The normalized spacial score (nSPS) is 34.7. The smallest absolute Gasteiger partial charge is 0.0543 e. The highest BCUT2D eigenvalue weighted by molar-refractivity contribution is 5.15. The zero-order valence-electron chi connectivity index (χ0n) is 12.0. The van der Waals surface area contributed by atoms with Crippen molar-refractivity contribution in [1.29, 1.82) is 0 Å². The number of benzene rings is 1. The summed E-state index contributed by atoms with van der Waals surface area (Å²) >= 11 is 0. The van der Waals surface area contributed by atoms with Gasteiger partial charge in [-0.05, 0) is 43.7 Å². The standard InChI is InChI=1S/C17H25NO2/c19-13-17-8-6-16(20)10-15(17)7-9-18(12-17)11-14-4-2-1-3-5-14/h1-5,15-16,19-20H,6-13H2/t15-,16+,17-/m0/s1. The van der Waals surface area contributed by atoms with Crippen LogP contribution < -0.4 is 0 Å². The second-order valence-electron chi connectivity index (χ2n) is 6.63. The Labute approximate surface area is 121 Å². The number of nitrogens with zero attached hydrogens (tertiary/aromatic N) is 1. The van der Waals surface area contributed by atoms with Crippen LogP contribution >= 0.6 is 0 Å². The first kappa shape index (κ1) is 14.1. The molecule has 2 N–H and O–H groups in total. The Kier molecular flexibility index (Phi) is 4.11. The quantitative estimate of drug-likeness (QED) is 0.887. The van der Waals surface area contributed by atoms with Gasteiger partial charge in [-0.3, -0.25) is 4.90 Å². The highest BCUT2D eigenvalue weighted by Gasteiger charge is 2.46. The van der Waals surface area contributed by atoms with Crippen molar-refractivity contribution in [2.45, 2.75) is 38.3 Å². The first-order valence-electron chi connectivity index (χ1n) is 7.77. The second kappa shape index (κ2) is 5.84. The minimum absolute atomic E-state index is 0.0201. The van der Waals surface area contributed by atoms with Gasteiger partial charge < -0.3 is 10.2 Å². The van der Waals surface area contributed by atoms with Gasteiger partial charge in [-0.25, -0.2) is 0 Å². The van der Waals surface area contributed by atoms with Crippen molar-refractivity contribution < 1.29 is 10.2 Å². The molecule has 1 aromatic carbocycles. The Morgan fingerprint density at radius 2 is 2.00 bits per heavy atom. The number of likely N-dealkylation sites (tertiary alicyclic amines) is 1. The summed E-state index contributed by atoms with van der Waals surface area (Å²) in [5.41, 5.74) is 1.36. The number of hydrogen-bond donors (Lipinski definition) is 2. The van der Waals surface area contributed by atoms with E-state index in [1.807, 2.05) is 6.07 Å². The zero-order chi connectivity index (χ0) is 14.0. The van der Waals surface area contributed by atoms with Crippen molar-refractivity contribution in [2.75, 3.05) is 19.7 Å². The van der Waals surface area contributed by atoms with E-state index in [-0.39, 0.29) is 18.1 Å². The lowest BCUT2D eigenvalue weighted by Gasteiger charge is -2.51. The molecule has 0 radical (unpaired) electrons. The summed E-state index contributed by atoms with van der Waals surface area (Å²) in [5, 5.41) is 19.8. The molecule has 1 aromatic rings. The van der Waals surface area contributed by atoms with E-state index >= 15 is 0 Å². The topological polar surface area (TPSA) is 43.7 Å². The van der Waals surface area contributed by atoms with Gasteiger partial charge >= 0.3 is 0 Å². The largest absolute Gasteiger partial charge is 0.396 e. The van der Waals surface area contributed by atoms with Crippen LogP contribution in [-0.4, -0.2) is 40.9 Å². The molecule has 3 heteroatoms. The van der Waals surface area contributed by atoms with Gasteiger partial charge in [0.05, 0.1) is 12.7 Å². The van der Waals surface area contributed by atoms with Crippen LogP contribution in [0.1, 0.15) is 31.2 Å². The number of fused-ring (bicyclic) bond motifs is 1. The van der Waals surface area contributed by atoms with Gasteiger partial charge in [0.15, 0.2) is 0 Å². The molecule has 1 aliphatic heterocycles. The van der Waals surface area contributed by atoms with Crippen LogP contribution in [0, 0.1) is 11.3 Å². The lowest BCUT2D eigenvalue weighted by atomic mass is 9.62. The molecule has 0 aromatic heterocycles. The summed E-state index contributed by atoms with van der Waals surface area (Å²) < 4.78 is 0. The van der Waals surface area contributed by atoms with Gasteiger partial charge in [-0.1, -0.05) is 30.3 Å². The van der Waals surface area contributed by atoms with Crippen LogP contribution in [0.4, 0.5) is 0 Å². The van der Waals surface area contributed by atoms with Gasteiger partial charge in [0.1, 0.15) is 0 Å². The predicted octanol–water partition coefficient (Wildman–Crippen LogP) is 2.03. The van der Waals surface area contributed by atoms with Crippen molar-refractivity contribution in [3.63, 3.8) is 0 Å². The number of rotatable bonds is 3. The van der Waals surface area contributed by atoms with Crippen LogP contribution in [0.5, 0.6) is 0 Å². The van der Waals surface area contributed by atoms with Gasteiger partial charge in [-0.2, -0.15) is 0 Å². The van der Waals surface area contributed by atoms with Crippen LogP contribution in [0.3, 0.4) is 0 Å². The predicted molar refractivity (Wildman–Crippen MR) is 79.2 cm³/mol. The summed E-state index contributed by atoms with van der Waals surface area (Å²) in [6.45, 7) is 3.28. The van der Waals surface area contributed by atoms with Gasteiger partial charge in [0, 0.05) is 18.5 Å². The van der Waals surface area contributed by atoms with Crippen molar-refractivity contribution in [3.8, 4) is 0 Å². The summed E-state index contributed by atoms with van der Waals surface area (Å²) in [5.74, 6) is 0.489. The molecule has 0 amide bonds. The van der Waals surface area contributed by atoms with Crippen LogP contribution in [0.2, 0.25) is 0 Å². The van der Waals surface area contributed by atoms with Gasteiger partial charge in [-0.15, -0.1) is 0 Å². The van der Waals surface area contributed by atoms with Crippen molar-refractivity contribution in [2.24, 2.45) is 11.3 Å². The summed E-state index contributed by atoms with van der Waals surface area (Å²) in [6.07, 6.45) is 3.63. The lowest BCUT2D eigenvalue weighted by molar-refractivity contribution is -0.0782. The van der Waals surface area contributed by atoms with E-state index in [1.54, 1.807) is 0 Å². The molecule has 3 nitrogen and oxygen atoms in total. The third-order valence-electron chi connectivity index (χ3n) is 5.29. The first-order chi connectivity index (χ1) is 9.72. The molecular weight excluding hydrogens is 250 g/mol. The molecule has 3 atom stereocenters. The lowest BCUT2D eigenvalue weighted by Crippen LogP contribution is -2.53. The molecule has 0 unspecified atom stereocenters. The minimum atomic E-state index is -0.152. The third kappa shape index (κ3) is 2.76. The summed E-state index contributed by atoms with van der Waals surface area (Å²) in [4.78, 5) is 2.47. The number of aliphatic hydroxyl groups is 2. The molecule has 3 rings (SSSR count). The van der Waals surface area contributed by atoms with E-state index < -0.39 is 0 Å². The maximum absolute atomic E-state index is 9.94.